The number of amides is 1. The van der Waals surface area contributed by atoms with E-state index in [1.807, 2.05) is 19.9 Å². The second-order valence-corrected chi connectivity index (χ2v) is 6.62. The number of nitriles is 1. The molecule has 2 heterocycles. The fourth-order valence-corrected chi connectivity index (χ4v) is 2.98. The van der Waals surface area contributed by atoms with Crippen molar-refractivity contribution < 1.29 is 19.4 Å². The highest BCUT2D eigenvalue weighted by Crippen LogP contribution is 2.27. The minimum Gasteiger partial charge on any atom is -0.481 e. The maximum Gasteiger partial charge on any atom is 0.306 e. The van der Waals surface area contributed by atoms with Gasteiger partial charge in [-0.25, -0.2) is 0 Å². The third-order valence-electron chi connectivity index (χ3n) is 3.36. The SMILES string of the molecule is CC1(C)COC(CC(=O)O)CN1C(=O)c1ccc(C#N)s1. The number of nitrogens with zero attached hydrogens (tertiary/aromatic N) is 2. The van der Waals surface area contributed by atoms with Crippen LogP contribution in [0.5, 0.6) is 0 Å². The molecular formula is C14H16N2O4S. The smallest absolute Gasteiger partial charge is 0.306 e. The van der Waals surface area contributed by atoms with Gasteiger partial charge in [-0.15, -0.1) is 11.3 Å². The van der Waals surface area contributed by atoms with Crippen molar-refractivity contribution in [3.8, 4) is 6.07 Å². The van der Waals surface area contributed by atoms with Crippen LogP contribution in [0.3, 0.4) is 0 Å². The Kier molecular flexibility index (Phi) is 4.30. The first-order valence-electron chi connectivity index (χ1n) is 6.49. The molecule has 21 heavy (non-hydrogen) atoms. The summed E-state index contributed by atoms with van der Waals surface area (Å²) in [6, 6.07) is 5.25. The molecule has 1 saturated heterocycles. The Morgan fingerprint density at radius 3 is 2.86 bits per heavy atom. The van der Waals surface area contributed by atoms with Gasteiger partial charge in [0.1, 0.15) is 10.9 Å². The molecule has 1 N–H and O–H groups in total. The summed E-state index contributed by atoms with van der Waals surface area (Å²) in [5.74, 6) is -1.14. The lowest BCUT2D eigenvalue weighted by molar-refractivity contribution is -0.145. The quantitative estimate of drug-likeness (QED) is 0.918. The molecule has 0 aromatic carbocycles. The van der Waals surface area contributed by atoms with Gasteiger partial charge in [-0.3, -0.25) is 9.59 Å². The van der Waals surface area contributed by atoms with Crippen molar-refractivity contribution in [2.45, 2.75) is 31.9 Å². The fourth-order valence-electron chi connectivity index (χ4n) is 2.23. The third kappa shape index (κ3) is 3.40. The number of thiophene rings is 1. The summed E-state index contributed by atoms with van der Waals surface area (Å²) in [5.41, 5.74) is -0.511. The van der Waals surface area contributed by atoms with E-state index in [2.05, 4.69) is 0 Å². The highest BCUT2D eigenvalue weighted by molar-refractivity contribution is 7.14. The van der Waals surface area contributed by atoms with Crippen molar-refractivity contribution in [2.24, 2.45) is 0 Å². The van der Waals surface area contributed by atoms with E-state index in [1.165, 1.54) is 0 Å². The van der Waals surface area contributed by atoms with E-state index in [0.29, 0.717) is 9.75 Å². The Bertz CT molecular complexity index is 602. The molecule has 1 aromatic rings. The normalized spacial score (nSPS) is 20.8. The van der Waals surface area contributed by atoms with E-state index >= 15 is 0 Å². The molecule has 0 saturated carbocycles. The predicted octanol–water partition coefficient (Wildman–Crippen LogP) is 1.71. The van der Waals surface area contributed by atoms with E-state index in [4.69, 9.17) is 15.1 Å². The van der Waals surface area contributed by atoms with Gasteiger partial charge < -0.3 is 14.7 Å². The molecule has 1 unspecified atom stereocenters. The zero-order valence-electron chi connectivity index (χ0n) is 11.8. The fraction of sp³-hybridized carbons (Fsp3) is 0.500. The third-order valence-corrected chi connectivity index (χ3v) is 4.34. The first kappa shape index (κ1) is 15.5. The molecular weight excluding hydrogens is 292 g/mol. The number of hydrogen-bond acceptors (Lipinski definition) is 5. The van der Waals surface area contributed by atoms with Gasteiger partial charge in [0.2, 0.25) is 0 Å². The number of carbonyl (C=O) groups excluding carboxylic acids is 1. The van der Waals surface area contributed by atoms with Crippen LogP contribution in [0.15, 0.2) is 12.1 Å². The molecule has 1 fully saturated rings. The predicted molar refractivity (Wildman–Crippen MR) is 76.1 cm³/mol. The molecule has 0 spiro atoms. The average molecular weight is 308 g/mol. The summed E-state index contributed by atoms with van der Waals surface area (Å²) in [6.45, 7) is 4.27. The van der Waals surface area contributed by atoms with Gasteiger partial charge in [-0.05, 0) is 26.0 Å². The van der Waals surface area contributed by atoms with Gasteiger partial charge >= 0.3 is 5.97 Å². The van der Waals surface area contributed by atoms with Crippen LogP contribution in [0.4, 0.5) is 0 Å². The average Bonchev–Trinajstić information content (AvgIpc) is 2.88. The summed E-state index contributed by atoms with van der Waals surface area (Å²) in [7, 11) is 0. The summed E-state index contributed by atoms with van der Waals surface area (Å²) < 4.78 is 5.52. The molecule has 6 nitrogen and oxygen atoms in total. The Morgan fingerprint density at radius 2 is 2.29 bits per heavy atom. The van der Waals surface area contributed by atoms with E-state index in [1.54, 1.807) is 17.0 Å². The maximum absolute atomic E-state index is 12.6. The van der Waals surface area contributed by atoms with Crippen molar-refractivity contribution in [3.63, 3.8) is 0 Å². The van der Waals surface area contributed by atoms with Gasteiger partial charge in [-0.1, -0.05) is 0 Å². The van der Waals surface area contributed by atoms with Crippen molar-refractivity contribution in [1.29, 1.82) is 5.26 Å². The lowest BCUT2D eigenvalue weighted by Gasteiger charge is -2.45. The summed E-state index contributed by atoms with van der Waals surface area (Å²) >= 11 is 1.14. The minimum absolute atomic E-state index is 0.131. The highest BCUT2D eigenvalue weighted by atomic mass is 32.1. The Hall–Kier alpha value is -1.91. The summed E-state index contributed by atoms with van der Waals surface area (Å²) in [5, 5.41) is 17.7. The van der Waals surface area contributed by atoms with Crippen molar-refractivity contribution in [1.82, 2.24) is 4.90 Å². The Labute approximate surface area is 126 Å². The largest absolute Gasteiger partial charge is 0.481 e. The number of carboxylic acid groups (broad SMARTS) is 1. The molecule has 1 atom stereocenters. The molecule has 1 amide bonds. The lowest BCUT2D eigenvalue weighted by Crippen LogP contribution is -2.58. The number of hydrogen-bond donors (Lipinski definition) is 1. The van der Waals surface area contributed by atoms with Gasteiger partial charge in [0.05, 0.1) is 29.5 Å². The summed E-state index contributed by atoms with van der Waals surface area (Å²) in [6.07, 6.45) is -0.636. The van der Waals surface area contributed by atoms with Crippen LogP contribution in [0.25, 0.3) is 0 Å². The number of ether oxygens (including phenoxy) is 1. The van der Waals surface area contributed by atoms with Crippen LogP contribution in [0.1, 0.15) is 34.8 Å². The minimum atomic E-state index is -0.949. The summed E-state index contributed by atoms with van der Waals surface area (Å²) in [4.78, 5) is 26.0. The van der Waals surface area contributed by atoms with Gasteiger partial charge in [0.25, 0.3) is 5.91 Å². The zero-order valence-corrected chi connectivity index (χ0v) is 12.6. The van der Waals surface area contributed by atoms with E-state index in [-0.39, 0.29) is 25.5 Å². The number of rotatable bonds is 3. The molecule has 112 valence electrons. The van der Waals surface area contributed by atoms with Gasteiger partial charge in [0, 0.05) is 6.54 Å². The standard InChI is InChI=1S/C14H16N2O4S/c1-14(2)8-20-9(5-12(17)18)7-16(14)13(19)11-4-3-10(6-15)21-11/h3-4,9H,5,7-8H2,1-2H3,(H,17,18). The van der Waals surface area contributed by atoms with Crippen LogP contribution in [0, 0.1) is 11.3 Å². The first-order chi connectivity index (χ1) is 9.83. The molecule has 0 radical (unpaired) electrons. The second kappa shape index (κ2) is 5.84. The monoisotopic (exact) mass is 308 g/mol. The first-order valence-corrected chi connectivity index (χ1v) is 7.30. The van der Waals surface area contributed by atoms with E-state index in [0.717, 1.165) is 11.3 Å². The van der Waals surface area contributed by atoms with Crippen LogP contribution < -0.4 is 0 Å². The molecule has 2 rings (SSSR count). The number of carbonyl (C=O) groups is 2. The number of aliphatic carboxylic acids is 1. The number of morpholine rings is 1. The second-order valence-electron chi connectivity index (χ2n) is 5.53. The zero-order chi connectivity index (χ0) is 15.6. The lowest BCUT2D eigenvalue weighted by atomic mass is 9.99. The molecule has 1 aliphatic heterocycles. The molecule has 1 aromatic heterocycles. The Balaban J connectivity index is 2.19. The van der Waals surface area contributed by atoms with Crippen LogP contribution in [0.2, 0.25) is 0 Å². The highest BCUT2D eigenvalue weighted by Gasteiger charge is 2.39. The molecule has 0 bridgehead atoms. The van der Waals surface area contributed by atoms with Crippen LogP contribution >= 0.6 is 11.3 Å². The van der Waals surface area contributed by atoms with Gasteiger partial charge in [-0.2, -0.15) is 5.26 Å². The van der Waals surface area contributed by atoms with E-state index < -0.39 is 17.6 Å². The molecule has 7 heteroatoms. The van der Waals surface area contributed by atoms with Crippen molar-refractivity contribution in [2.75, 3.05) is 13.2 Å². The number of carboxylic acids is 1. The topological polar surface area (TPSA) is 90.6 Å². The van der Waals surface area contributed by atoms with Crippen LogP contribution in [-0.2, 0) is 9.53 Å². The van der Waals surface area contributed by atoms with Crippen molar-refractivity contribution in [3.05, 3.63) is 21.9 Å². The maximum atomic E-state index is 12.6. The van der Waals surface area contributed by atoms with E-state index in [9.17, 15) is 9.59 Å². The van der Waals surface area contributed by atoms with Crippen molar-refractivity contribution >= 4 is 23.2 Å². The molecule has 0 aliphatic carbocycles. The van der Waals surface area contributed by atoms with Gasteiger partial charge in [0.15, 0.2) is 0 Å². The Morgan fingerprint density at radius 1 is 1.57 bits per heavy atom. The van der Waals surface area contributed by atoms with Crippen LogP contribution in [-0.4, -0.2) is 46.7 Å². The molecule has 1 aliphatic rings.